The first kappa shape index (κ1) is 20.1. The van der Waals surface area contributed by atoms with Crippen LogP contribution < -0.4 is 9.62 Å². The van der Waals surface area contributed by atoms with Gasteiger partial charge in [-0.25, -0.2) is 13.1 Å². The first-order valence-electron chi connectivity index (χ1n) is 9.24. The van der Waals surface area contributed by atoms with Gasteiger partial charge in [0.1, 0.15) is 0 Å². The van der Waals surface area contributed by atoms with Crippen molar-refractivity contribution in [2.45, 2.75) is 18.2 Å². The number of rotatable bonds is 7. The van der Waals surface area contributed by atoms with E-state index in [2.05, 4.69) is 38.8 Å². The predicted octanol–water partition coefficient (Wildman–Crippen LogP) is 3.14. The fourth-order valence-electron chi connectivity index (χ4n) is 3.33. The number of benzene rings is 2. The molecule has 1 N–H and O–H groups in total. The monoisotopic (exact) mass is 407 g/mol. The maximum absolute atomic E-state index is 12.5. The summed E-state index contributed by atoms with van der Waals surface area (Å²) in [5, 5.41) is 0.467. The molecule has 0 saturated carbocycles. The Balaban J connectivity index is 1.42. The molecule has 0 aromatic heterocycles. The average molecular weight is 408 g/mol. The number of sulfonamides is 1. The van der Waals surface area contributed by atoms with Gasteiger partial charge in [-0.05, 0) is 49.7 Å². The van der Waals surface area contributed by atoms with Crippen LogP contribution in [0.4, 0.5) is 5.69 Å². The van der Waals surface area contributed by atoms with Gasteiger partial charge in [-0.1, -0.05) is 35.9 Å². The Bertz CT molecular complexity index is 851. The lowest BCUT2D eigenvalue weighted by Gasteiger charge is -2.36. The molecule has 0 spiro atoms. The first-order valence-corrected chi connectivity index (χ1v) is 11.1. The van der Waals surface area contributed by atoms with E-state index in [0.29, 0.717) is 17.1 Å². The number of para-hydroxylation sites is 1. The molecule has 27 heavy (non-hydrogen) atoms. The quantitative estimate of drug-likeness (QED) is 0.716. The maximum atomic E-state index is 12.5. The smallest absolute Gasteiger partial charge is 0.240 e. The summed E-state index contributed by atoms with van der Waals surface area (Å²) in [6.45, 7) is 7.02. The fraction of sp³-hybridized carbons (Fsp3) is 0.400. The topological polar surface area (TPSA) is 52.7 Å². The molecule has 0 atom stereocenters. The number of piperazine rings is 1. The Morgan fingerprint density at radius 1 is 1.00 bits per heavy atom. The summed E-state index contributed by atoms with van der Waals surface area (Å²) in [6.07, 6.45) is 0.782. The van der Waals surface area contributed by atoms with Gasteiger partial charge >= 0.3 is 0 Å². The van der Waals surface area contributed by atoms with Gasteiger partial charge in [0.2, 0.25) is 10.0 Å². The lowest BCUT2D eigenvalue weighted by molar-refractivity contribution is 0.255. The van der Waals surface area contributed by atoms with Crippen molar-refractivity contribution in [2.75, 3.05) is 44.2 Å². The zero-order chi connectivity index (χ0) is 19.3. The van der Waals surface area contributed by atoms with Crippen LogP contribution in [0.5, 0.6) is 0 Å². The molecule has 2 aromatic carbocycles. The van der Waals surface area contributed by atoms with Crippen LogP contribution in [0.15, 0.2) is 53.4 Å². The van der Waals surface area contributed by atoms with E-state index in [0.717, 1.165) is 39.1 Å². The molecule has 1 fully saturated rings. The standard InChI is InChI=1S/C20H26ClN3O2S/c1-17-19(21)9-5-10-20(17)27(25,26)22-11-6-12-23-13-15-24(16-14-23)18-7-3-2-4-8-18/h2-5,7-10,22H,6,11-16H2,1H3. The second-order valence-corrected chi connectivity index (χ2v) is 8.92. The van der Waals surface area contributed by atoms with E-state index in [4.69, 9.17) is 11.6 Å². The minimum Gasteiger partial charge on any atom is -0.369 e. The van der Waals surface area contributed by atoms with Crippen molar-refractivity contribution in [3.8, 4) is 0 Å². The molecule has 0 bridgehead atoms. The van der Waals surface area contributed by atoms with Gasteiger partial charge in [0.25, 0.3) is 0 Å². The van der Waals surface area contributed by atoms with Crippen LogP contribution in [0.25, 0.3) is 0 Å². The number of halogens is 1. The number of hydrogen-bond donors (Lipinski definition) is 1. The average Bonchev–Trinajstić information content (AvgIpc) is 2.68. The molecule has 0 amide bonds. The Morgan fingerprint density at radius 2 is 1.70 bits per heavy atom. The number of nitrogens with one attached hydrogen (secondary N) is 1. The summed E-state index contributed by atoms with van der Waals surface area (Å²) >= 11 is 6.04. The molecular formula is C20H26ClN3O2S. The Labute approximate surface area is 167 Å². The molecule has 3 rings (SSSR count). The molecule has 2 aromatic rings. The van der Waals surface area contributed by atoms with Crippen molar-refractivity contribution in [3.63, 3.8) is 0 Å². The van der Waals surface area contributed by atoms with Gasteiger partial charge in [0.15, 0.2) is 0 Å². The first-order chi connectivity index (χ1) is 13.0. The summed E-state index contributed by atoms with van der Waals surface area (Å²) in [5.41, 5.74) is 1.85. The fourth-order valence-corrected chi connectivity index (χ4v) is 4.90. The number of hydrogen-bond acceptors (Lipinski definition) is 4. The maximum Gasteiger partial charge on any atom is 0.240 e. The summed E-state index contributed by atoms with van der Waals surface area (Å²) in [6, 6.07) is 15.4. The summed E-state index contributed by atoms with van der Waals surface area (Å²) in [4.78, 5) is 5.03. The highest BCUT2D eigenvalue weighted by Gasteiger charge is 2.19. The van der Waals surface area contributed by atoms with Crippen LogP contribution >= 0.6 is 11.6 Å². The Hall–Kier alpha value is -1.60. The van der Waals surface area contributed by atoms with Gasteiger partial charge in [-0.15, -0.1) is 0 Å². The second kappa shape index (κ2) is 9.06. The third kappa shape index (κ3) is 5.23. The number of nitrogens with zero attached hydrogens (tertiary/aromatic N) is 2. The minimum atomic E-state index is -3.52. The molecular weight excluding hydrogens is 382 g/mol. The van der Waals surface area contributed by atoms with Gasteiger partial charge in [-0.3, -0.25) is 4.90 Å². The SMILES string of the molecule is Cc1c(Cl)cccc1S(=O)(=O)NCCCN1CCN(c2ccccc2)CC1. The van der Waals surface area contributed by atoms with Gasteiger partial charge in [0.05, 0.1) is 4.90 Å². The van der Waals surface area contributed by atoms with E-state index in [-0.39, 0.29) is 4.90 Å². The lowest BCUT2D eigenvalue weighted by Crippen LogP contribution is -2.47. The van der Waals surface area contributed by atoms with Crippen molar-refractivity contribution in [3.05, 3.63) is 59.1 Å². The zero-order valence-electron chi connectivity index (χ0n) is 15.6. The van der Waals surface area contributed by atoms with Crippen LogP contribution in [0.3, 0.4) is 0 Å². The molecule has 146 valence electrons. The van der Waals surface area contributed by atoms with Crippen molar-refractivity contribution in [1.29, 1.82) is 0 Å². The molecule has 0 aliphatic carbocycles. The molecule has 7 heteroatoms. The van der Waals surface area contributed by atoms with E-state index in [1.165, 1.54) is 5.69 Å². The van der Waals surface area contributed by atoms with Crippen molar-refractivity contribution < 1.29 is 8.42 Å². The molecule has 0 radical (unpaired) electrons. The van der Waals surface area contributed by atoms with Crippen LogP contribution in [0.2, 0.25) is 5.02 Å². The normalized spacial score (nSPS) is 15.9. The van der Waals surface area contributed by atoms with Gasteiger partial charge in [0, 0.05) is 43.4 Å². The molecule has 1 heterocycles. The van der Waals surface area contributed by atoms with Crippen molar-refractivity contribution in [2.24, 2.45) is 0 Å². The van der Waals surface area contributed by atoms with Crippen LogP contribution in [0.1, 0.15) is 12.0 Å². The third-order valence-corrected chi connectivity index (χ3v) is 6.96. The highest BCUT2D eigenvalue weighted by Crippen LogP contribution is 2.22. The van der Waals surface area contributed by atoms with Crippen LogP contribution in [-0.4, -0.2) is 52.6 Å². The highest BCUT2D eigenvalue weighted by atomic mass is 35.5. The van der Waals surface area contributed by atoms with Crippen LogP contribution in [0, 0.1) is 6.92 Å². The predicted molar refractivity (Wildman–Crippen MR) is 111 cm³/mol. The minimum absolute atomic E-state index is 0.256. The third-order valence-electron chi connectivity index (χ3n) is 4.94. The van der Waals surface area contributed by atoms with E-state index in [1.54, 1.807) is 25.1 Å². The molecule has 5 nitrogen and oxygen atoms in total. The molecule has 1 aliphatic heterocycles. The molecule has 1 saturated heterocycles. The lowest BCUT2D eigenvalue weighted by atomic mass is 10.2. The van der Waals surface area contributed by atoms with Crippen molar-refractivity contribution in [1.82, 2.24) is 9.62 Å². The van der Waals surface area contributed by atoms with E-state index < -0.39 is 10.0 Å². The Kier molecular flexibility index (Phi) is 6.76. The van der Waals surface area contributed by atoms with Crippen molar-refractivity contribution >= 4 is 27.3 Å². The van der Waals surface area contributed by atoms with E-state index >= 15 is 0 Å². The summed E-state index contributed by atoms with van der Waals surface area (Å²) in [7, 11) is -3.52. The van der Waals surface area contributed by atoms with E-state index in [9.17, 15) is 8.42 Å². The van der Waals surface area contributed by atoms with Gasteiger partial charge < -0.3 is 4.90 Å². The van der Waals surface area contributed by atoms with E-state index in [1.807, 2.05) is 6.07 Å². The summed E-state index contributed by atoms with van der Waals surface area (Å²) in [5.74, 6) is 0. The highest BCUT2D eigenvalue weighted by molar-refractivity contribution is 7.89. The largest absolute Gasteiger partial charge is 0.369 e. The number of anilines is 1. The van der Waals surface area contributed by atoms with Gasteiger partial charge in [-0.2, -0.15) is 0 Å². The second-order valence-electron chi connectivity index (χ2n) is 6.78. The molecule has 1 aliphatic rings. The Morgan fingerprint density at radius 3 is 2.41 bits per heavy atom. The summed E-state index contributed by atoms with van der Waals surface area (Å²) < 4.78 is 27.6. The molecule has 0 unspecified atom stereocenters. The van der Waals surface area contributed by atoms with Crippen LogP contribution in [-0.2, 0) is 10.0 Å². The zero-order valence-corrected chi connectivity index (χ0v) is 17.1.